The standard InChI is InChI=1S/C17H24N2O/c1-12(2)15-7-8-19(11-15)17(20)16-9-13-5-3-4-6-14(13)10-18-16/h3-6,12,15-16,18H,7-11H2,1-2H3. The number of nitrogens with zero attached hydrogens (tertiary/aromatic N) is 1. The largest absolute Gasteiger partial charge is 0.341 e. The second kappa shape index (κ2) is 5.57. The fraction of sp³-hybridized carbons (Fsp3) is 0.588. The molecule has 1 saturated heterocycles. The molecule has 2 aliphatic rings. The molecule has 0 spiro atoms. The Labute approximate surface area is 121 Å². The van der Waals surface area contributed by atoms with Crippen molar-refractivity contribution in [1.82, 2.24) is 10.2 Å². The molecule has 2 heterocycles. The number of hydrogen-bond acceptors (Lipinski definition) is 2. The fourth-order valence-electron chi connectivity index (χ4n) is 3.38. The normalized spacial score (nSPS) is 25.9. The molecule has 3 rings (SSSR count). The van der Waals surface area contributed by atoms with Crippen LogP contribution >= 0.6 is 0 Å². The summed E-state index contributed by atoms with van der Waals surface area (Å²) in [5, 5.41) is 3.40. The molecule has 1 N–H and O–H groups in total. The number of rotatable bonds is 2. The minimum absolute atomic E-state index is 0.0317. The van der Waals surface area contributed by atoms with E-state index in [4.69, 9.17) is 0 Å². The van der Waals surface area contributed by atoms with Crippen LogP contribution in [-0.2, 0) is 17.8 Å². The molecule has 3 nitrogen and oxygen atoms in total. The number of benzene rings is 1. The van der Waals surface area contributed by atoms with Crippen molar-refractivity contribution in [3.8, 4) is 0 Å². The van der Waals surface area contributed by atoms with Crippen molar-refractivity contribution in [2.75, 3.05) is 13.1 Å². The Morgan fingerprint density at radius 1 is 1.30 bits per heavy atom. The molecular weight excluding hydrogens is 248 g/mol. The summed E-state index contributed by atoms with van der Waals surface area (Å²) >= 11 is 0. The molecule has 0 bridgehead atoms. The van der Waals surface area contributed by atoms with Crippen molar-refractivity contribution >= 4 is 5.91 Å². The highest BCUT2D eigenvalue weighted by Gasteiger charge is 2.33. The van der Waals surface area contributed by atoms with Gasteiger partial charge in [-0.25, -0.2) is 0 Å². The highest BCUT2D eigenvalue weighted by molar-refractivity contribution is 5.82. The quantitative estimate of drug-likeness (QED) is 0.895. The average molecular weight is 272 g/mol. The van der Waals surface area contributed by atoms with Crippen LogP contribution in [0.25, 0.3) is 0 Å². The van der Waals surface area contributed by atoms with Gasteiger partial charge in [0.05, 0.1) is 6.04 Å². The highest BCUT2D eigenvalue weighted by Crippen LogP contribution is 2.25. The van der Waals surface area contributed by atoms with E-state index in [1.807, 2.05) is 0 Å². The van der Waals surface area contributed by atoms with Crippen LogP contribution in [0.1, 0.15) is 31.4 Å². The fourth-order valence-corrected chi connectivity index (χ4v) is 3.38. The van der Waals surface area contributed by atoms with Crippen LogP contribution in [0.5, 0.6) is 0 Å². The van der Waals surface area contributed by atoms with Crippen LogP contribution < -0.4 is 5.32 Å². The van der Waals surface area contributed by atoms with Crippen molar-refractivity contribution in [3.05, 3.63) is 35.4 Å². The number of hydrogen-bond donors (Lipinski definition) is 1. The zero-order valence-corrected chi connectivity index (χ0v) is 12.4. The topological polar surface area (TPSA) is 32.3 Å². The summed E-state index contributed by atoms with van der Waals surface area (Å²) in [5.41, 5.74) is 2.65. The summed E-state index contributed by atoms with van der Waals surface area (Å²) in [4.78, 5) is 14.7. The number of fused-ring (bicyclic) bond motifs is 1. The minimum atomic E-state index is -0.0317. The lowest BCUT2D eigenvalue weighted by Crippen LogP contribution is -2.48. The summed E-state index contributed by atoms with van der Waals surface area (Å²) in [6, 6.07) is 8.40. The van der Waals surface area contributed by atoms with Gasteiger partial charge in [0, 0.05) is 19.6 Å². The molecule has 1 aromatic carbocycles. The van der Waals surface area contributed by atoms with Crippen LogP contribution in [-0.4, -0.2) is 29.9 Å². The molecule has 1 fully saturated rings. The Bertz CT molecular complexity index is 498. The maximum absolute atomic E-state index is 12.6. The monoisotopic (exact) mass is 272 g/mol. The second-order valence-corrected chi connectivity index (χ2v) is 6.48. The zero-order valence-electron chi connectivity index (χ0n) is 12.4. The summed E-state index contributed by atoms with van der Waals surface area (Å²) in [6.07, 6.45) is 1.99. The van der Waals surface area contributed by atoms with E-state index in [-0.39, 0.29) is 6.04 Å². The summed E-state index contributed by atoms with van der Waals surface area (Å²) in [5.74, 6) is 1.64. The van der Waals surface area contributed by atoms with Gasteiger partial charge >= 0.3 is 0 Å². The van der Waals surface area contributed by atoms with Crippen LogP contribution in [0.2, 0.25) is 0 Å². The molecule has 0 aromatic heterocycles. The van der Waals surface area contributed by atoms with Crippen LogP contribution in [0.3, 0.4) is 0 Å². The first kappa shape index (κ1) is 13.6. The molecule has 0 radical (unpaired) electrons. The predicted octanol–water partition coefficient (Wildman–Crippen LogP) is 2.21. The first-order valence-corrected chi connectivity index (χ1v) is 7.74. The lowest BCUT2D eigenvalue weighted by molar-refractivity contribution is -0.132. The van der Waals surface area contributed by atoms with Gasteiger partial charge in [-0.1, -0.05) is 38.1 Å². The first-order chi connectivity index (χ1) is 9.65. The molecule has 2 atom stereocenters. The third-order valence-electron chi connectivity index (χ3n) is 4.86. The number of likely N-dealkylation sites (tertiary alicyclic amines) is 1. The van der Waals surface area contributed by atoms with E-state index in [0.29, 0.717) is 17.7 Å². The van der Waals surface area contributed by atoms with Gasteiger partial charge in [-0.2, -0.15) is 0 Å². The number of carbonyl (C=O) groups is 1. The second-order valence-electron chi connectivity index (χ2n) is 6.48. The van der Waals surface area contributed by atoms with Crippen molar-refractivity contribution in [3.63, 3.8) is 0 Å². The zero-order chi connectivity index (χ0) is 14.1. The molecule has 0 aliphatic carbocycles. The summed E-state index contributed by atoms with van der Waals surface area (Å²) < 4.78 is 0. The molecule has 2 unspecified atom stereocenters. The molecule has 1 aromatic rings. The Hall–Kier alpha value is -1.35. The van der Waals surface area contributed by atoms with Gasteiger partial charge in [-0.05, 0) is 35.8 Å². The van der Waals surface area contributed by atoms with E-state index in [0.717, 1.165) is 32.5 Å². The Morgan fingerprint density at radius 3 is 2.75 bits per heavy atom. The maximum Gasteiger partial charge on any atom is 0.240 e. The van der Waals surface area contributed by atoms with E-state index < -0.39 is 0 Å². The van der Waals surface area contributed by atoms with Crippen LogP contribution in [0, 0.1) is 11.8 Å². The van der Waals surface area contributed by atoms with Crippen molar-refractivity contribution in [2.45, 2.75) is 39.3 Å². The molecule has 1 amide bonds. The van der Waals surface area contributed by atoms with Gasteiger partial charge in [0.2, 0.25) is 5.91 Å². The first-order valence-electron chi connectivity index (χ1n) is 7.74. The average Bonchev–Trinajstić information content (AvgIpc) is 2.96. The van der Waals surface area contributed by atoms with Crippen molar-refractivity contribution < 1.29 is 4.79 Å². The van der Waals surface area contributed by atoms with E-state index in [2.05, 4.69) is 48.3 Å². The van der Waals surface area contributed by atoms with Gasteiger partial charge in [-0.15, -0.1) is 0 Å². The molecule has 2 aliphatic heterocycles. The summed E-state index contributed by atoms with van der Waals surface area (Å²) in [6.45, 7) is 7.20. The van der Waals surface area contributed by atoms with Crippen molar-refractivity contribution in [1.29, 1.82) is 0 Å². The maximum atomic E-state index is 12.6. The molecule has 108 valence electrons. The third-order valence-corrected chi connectivity index (χ3v) is 4.86. The van der Waals surface area contributed by atoms with Gasteiger partial charge in [-0.3, -0.25) is 4.79 Å². The van der Waals surface area contributed by atoms with Crippen LogP contribution in [0.15, 0.2) is 24.3 Å². The predicted molar refractivity (Wildman–Crippen MR) is 80.3 cm³/mol. The number of amides is 1. The van der Waals surface area contributed by atoms with Gasteiger partial charge < -0.3 is 10.2 Å². The highest BCUT2D eigenvalue weighted by atomic mass is 16.2. The molecule has 3 heteroatoms. The Morgan fingerprint density at radius 2 is 2.05 bits per heavy atom. The van der Waals surface area contributed by atoms with Crippen LogP contribution in [0.4, 0.5) is 0 Å². The molecule has 0 saturated carbocycles. The lowest BCUT2D eigenvalue weighted by atomic mass is 9.94. The van der Waals surface area contributed by atoms with E-state index in [1.54, 1.807) is 0 Å². The van der Waals surface area contributed by atoms with Gasteiger partial charge in [0.25, 0.3) is 0 Å². The van der Waals surface area contributed by atoms with Gasteiger partial charge in [0.1, 0.15) is 0 Å². The molecule has 20 heavy (non-hydrogen) atoms. The minimum Gasteiger partial charge on any atom is -0.341 e. The van der Waals surface area contributed by atoms with E-state index in [9.17, 15) is 4.79 Å². The lowest BCUT2D eigenvalue weighted by Gasteiger charge is -2.29. The number of nitrogens with one attached hydrogen (secondary N) is 1. The van der Waals surface area contributed by atoms with Gasteiger partial charge in [0.15, 0.2) is 0 Å². The molecular formula is C17H24N2O. The van der Waals surface area contributed by atoms with E-state index in [1.165, 1.54) is 11.1 Å². The Balaban J connectivity index is 1.65. The van der Waals surface area contributed by atoms with E-state index >= 15 is 0 Å². The SMILES string of the molecule is CC(C)C1CCN(C(=O)C2Cc3ccccc3CN2)C1. The van der Waals surface area contributed by atoms with Crippen molar-refractivity contribution in [2.24, 2.45) is 11.8 Å². The Kier molecular flexibility index (Phi) is 3.79. The summed E-state index contributed by atoms with van der Waals surface area (Å²) in [7, 11) is 0. The third kappa shape index (κ3) is 2.59. The number of carbonyl (C=O) groups excluding carboxylic acids is 1. The smallest absolute Gasteiger partial charge is 0.240 e.